The first-order chi connectivity index (χ1) is 14.9. The Labute approximate surface area is 180 Å². The molecule has 1 fully saturated rings. The number of hydrogen-bond donors (Lipinski definition) is 0. The Hall–Kier alpha value is -3.92. The molecule has 0 N–H and O–H groups in total. The van der Waals surface area contributed by atoms with Crippen LogP contribution in [0.5, 0.6) is 0 Å². The third-order valence-corrected chi connectivity index (χ3v) is 7.80. The van der Waals surface area contributed by atoms with E-state index < -0.39 is 76.0 Å². The van der Waals surface area contributed by atoms with Crippen molar-refractivity contribution >= 4 is 43.2 Å². The zero-order valence-corrected chi connectivity index (χ0v) is 17.4. The Bertz CT molecular complexity index is 1230. The van der Waals surface area contributed by atoms with Gasteiger partial charge < -0.3 is 0 Å². The first kappa shape index (κ1) is 22.8. The number of nitro benzene ring substituents is 2. The number of carbonyl (C=O) groups excluding carboxylic acids is 2. The minimum atomic E-state index is -4.74. The zero-order valence-electron chi connectivity index (χ0n) is 15.7. The molecule has 2 aromatic rings. The number of nitro groups is 2. The largest absolute Gasteiger partial charge is 0.348 e. The van der Waals surface area contributed by atoms with Crippen molar-refractivity contribution in [2.45, 2.75) is 9.79 Å². The maximum Gasteiger partial charge on any atom is 0.348 e. The molecular formula is C16H12N4O10S2. The number of ketones is 1. The standard InChI is InChI=1S/C16H12N4O10S2/c21-13-9-17(31(27,28)14-5-1-11(2-6-14)19(23)24)16(22)18(10-13)32(29,30)15-7-3-12(4-8-15)20(25)26/h1-8H,9-10H2. The lowest BCUT2D eigenvalue weighted by Crippen LogP contribution is -2.57. The van der Waals surface area contributed by atoms with E-state index in [1.54, 1.807) is 0 Å². The molecule has 2 aromatic carbocycles. The van der Waals surface area contributed by atoms with E-state index in [1.165, 1.54) is 0 Å². The number of amides is 2. The average molecular weight is 484 g/mol. The monoisotopic (exact) mass is 484 g/mol. The number of nitrogens with zero attached hydrogens (tertiary/aromatic N) is 4. The predicted molar refractivity (Wildman–Crippen MR) is 104 cm³/mol. The Morgan fingerprint density at radius 3 is 1.25 bits per heavy atom. The van der Waals surface area contributed by atoms with E-state index in [-0.39, 0.29) is 8.61 Å². The van der Waals surface area contributed by atoms with Crippen LogP contribution >= 0.6 is 0 Å². The fraction of sp³-hybridized carbons (Fsp3) is 0.125. The molecule has 14 nitrogen and oxygen atoms in total. The molecular weight excluding hydrogens is 472 g/mol. The highest BCUT2D eigenvalue weighted by Gasteiger charge is 2.44. The highest BCUT2D eigenvalue weighted by molar-refractivity contribution is 7.91. The molecule has 0 spiro atoms. The molecule has 3 rings (SSSR count). The van der Waals surface area contributed by atoms with Crippen LogP contribution < -0.4 is 0 Å². The lowest BCUT2D eigenvalue weighted by atomic mass is 10.3. The Kier molecular flexibility index (Phi) is 5.67. The summed E-state index contributed by atoms with van der Waals surface area (Å²) in [4.78, 5) is 43.7. The zero-order chi connectivity index (χ0) is 23.8. The van der Waals surface area contributed by atoms with Gasteiger partial charge in [-0.25, -0.2) is 30.2 Å². The fourth-order valence-electron chi connectivity index (χ4n) is 2.74. The van der Waals surface area contributed by atoms with Gasteiger partial charge in [0.05, 0.1) is 32.7 Å². The summed E-state index contributed by atoms with van der Waals surface area (Å²) in [5, 5.41) is 21.5. The first-order valence-electron chi connectivity index (χ1n) is 8.46. The molecule has 16 heteroatoms. The van der Waals surface area contributed by atoms with E-state index in [4.69, 9.17) is 0 Å². The second-order valence-corrected chi connectivity index (χ2v) is 10.1. The number of non-ortho nitro benzene ring substituents is 2. The second-order valence-electron chi connectivity index (χ2n) is 6.35. The van der Waals surface area contributed by atoms with Gasteiger partial charge in [0, 0.05) is 24.3 Å². The van der Waals surface area contributed by atoms with Crippen molar-refractivity contribution in [3.63, 3.8) is 0 Å². The fourth-order valence-corrected chi connectivity index (χ4v) is 5.50. The van der Waals surface area contributed by atoms with Gasteiger partial charge in [-0.1, -0.05) is 0 Å². The topological polar surface area (TPSA) is 195 Å². The third kappa shape index (κ3) is 4.00. The molecule has 0 aromatic heterocycles. The van der Waals surface area contributed by atoms with E-state index in [0.717, 1.165) is 48.5 Å². The normalized spacial score (nSPS) is 15.0. The molecule has 0 saturated carbocycles. The van der Waals surface area contributed by atoms with Gasteiger partial charge >= 0.3 is 6.03 Å². The summed E-state index contributed by atoms with van der Waals surface area (Å²) in [5.74, 6) is -0.916. The van der Waals surface area contributed by atoms with E-state index in [9.17, 15) is 46.7 Å². The van der Waals surface area contributed by atoms with Crippen LogP contribution in [0.4, 0.5) is 16.2 Å². The van der Waals surface area contributed by atoms with Crippen LogP contribution in [-0.4, -0.2) is 60.2 Å². The van der Waals surface area contributed by atoms with Crippen LogP contribution in [0.2, 0.25) is 0 Å². The number of benzene rings is 2. The van der Waals surface area contributed by atoms with Gasteiger partial charge in [-0.05, 0) is 24.3 Å². The highest BCUT2D eigenvalue weighted by Crippen LogP contribution is 2.26. The van der Waals surface area contributed by atoms with Crippen molar-refractivity contribution in [3.05, 3.63) is 68.8 Å². The Morgan fingerprint density at radius 2 is 0.969 bits per heavy atom. The predicted octanol–water partition coefficient (Wildman–Crippen LogP) is 0.887. The number of rotatable bonds is 6. The molecule has 32 heavy (non-hydrogen) atoms. The number of hydrogen-bond acceptors (Lipinski definition) is 10. The summed E-state index contributed by atoms with van der Waals surface area (Å²) < 4.78 is 51.4. The lowest BCUT2D eigenvalue weighted by molar-refractivity contribution is -0.385. The molecule has 1 saturated heterocycles. The van der Waals surface area contributed by atoms with Gasteiger partial charge in [0.2, 0.25) is 0 Å². The number of Topliss-reactive ketones (excluding diaryl/α,β-unsaturated/α-hetero) is 1. The summed E-state index contributed by atoms with van der Waals surface area (Å²) >= 11 is 0. The second kappa shape index (κ2) is 7.97. The van der Waals surface area contributed by atoms with Crippen LogP contribution in [0.3, 0.4) is 0 Å². The van der Waals surface area contributed by atoms with Crippen molar-refractivity contribution in [2.75, 3.05) is 13.1 Å². The third-order valence-electron chi connectivity index (χ3n) is 4.34. The van der Waals surface area contributed by atoms with Crippen molar-refractivity contribution in [2.24, 2.45) is 0 Å². The quantitative estimate of drug-likeness (QED) is 0.419. The molecule has 1 aliphatic heterocycles. The van der Waals surface area contributed by atoms with Crippen LogP contribution in [0, 0.1) is 20.2 Å². The minimum absolute atomic E-state index is 0.0446. The summed E-state index contributed by atoms with van der Waals surface area (Å²) in [6.45, 7) is -1.88. The van der Waals surface area contributed by atoms with Gasteiger partial charge in [0.15, 0.2) is 5.78 Å². The van der Waals surface area contributed by atoms with Gasteiger partial charge in [0.25, 0.3) is 31.4 Å². The van der Waals surface area contributed by atoms with Crippen LogP contribution in [0.25, 0.3) is 0 Å². The van der Waals surface area contributed by atoms with Crippen molar-refractivity contribution < 1.29 is 36.3 Å². The summed E-state index contributed by atoms with van der Waals surface area (Å²) in [6, 6.07) is 5.31. The van der Waals surface area contributed by atoms with E-state index >= 15 is 0 Å². The number of sulfonamides is 2. The minimum Gasteiger partial charge on any atom is -0.296 e. The Balaban J connectivity index is 1.98. The smallest absolute Gasteiger partial charge is 0.296 e. The van der Waals surface area contributed by atoms with E-state index in [2.05, 4.69) is 0 Å². The van der Waals surface area contributed by atoms with Crippen LogP contribution in [-0.2, 0) is 24.8 Å². The van der Waals surface area contributed by atoms with Crippen LogP contribution in [0.15, 0.2) is 58.3 Å². The number of carbonyl (C=O) groups is 2. The molecule has 1 heterocycles. The van der Waals surface area contributed by atoms with Gasteiger partial charge in [-0.2, -0.15) is 0 Å². The van der Waals surface area contributed by atoms with Crippen LogP contribution in [0.1, 0.15) is 0 Å². The molecule has 2 amide bonds. The first-order valence-corrected chi connectivity index (χ1v) is 11.3. The van der Waals surface area contributed by atoms with Crippen molar-refractivity contribution in [1.29, 1.82) is 0 Å². The average Bonchev–Trinajstić information content (AvgIpc) is 2.75. The summed E-state index contributed by atoms with van der Waals surface area (Å²) in [6.07, 6.45) is 0. The van der Waals surface area contributed by atoms with Gasteiger partial charge in [0.1, 0.15) is 0 Å². The maximum absolute atomic E-state index is 12.8. The molecule has 0 bridgehead atoms. The molecule has 168 valence electrons. The Morgan fingerprint density at radius 1 is 0.656 bits per heavy atom. The van der Waals surface area contributed by atoms with Gasteiger partial charge in [-0.3, -0.25) is 25.0 Å². The van der Waals surface area contributed by atoms with Crippen molar-refractivity contribution in [1.82, 2.24) is 8.61 Å². The maximum atomic E-state index is 12.8. The molecule has 0 unspecified atom stereocenters. The van der Waals surface area contributed by atoms with E-state index in [1.807, 2.05) is 0 Å². The highest BCUT2D eigenvalue weighted by atomic mass is 32.2. The van der Waals surface area contributed by atoms with Gasteiger partial charge in [-0.15, -0.1) is 0 Å². The molecule has 0 aliphatic carbocycles. The summed E-state index contributed by atoms with van der Waals surface area (Å²) in [5.41, 5.74) is -0.847. The SMILES string of the molecule is O=C1CN(S(=O)(=O)c2ccc([N+](=O)[O-])cc2)C(=O)N(S(=O)(=O)c2ccc([N+](=O)[O-])cc2)C1. The molecule has 0 radical (unpaired) electrons. The van der Waals surface area contributed by atoms with E-state index in [0.29, 0.717) is 0 Å². The molecule has 1 aliphatic rings. The number of urea groups is 1. The summed E-state index contributed by atoms with van der Waals surface area (Å²) in [7, 11) is -9.47. The van der Waals surface area contributed by atoms with Crippen molar-refractivity contribution in [3.8, 4) is 0 Å². The lowest BCUT2D eigenvalue weighted by Gasteiger charge is -2.33. The molecule has 0 atom stereocenters.